The number of hydrogen-bond donors (Lipinski definition) is 3. The molecular formula is C22H22N2O. The lowest BCUT2D eigenvalue weighted by atomic mass is 9.96. The summed E-state index contributed by atoms with van der Waals surface area (Å²) in [6.45, 7) is 4.93. The van der Waals surface area contributed by atoms with Crippen LogP contribution >= 0.6 is 0 Å². The molecule has 0 aromatic heterocycles. The van der Waals surface area contributed by atoms with Crippen molar-refractivity contribution in [1.29, 1.82) is 0 Å². The third kappa shape index (κ3) is 4.01. The van der Waals surface area contributed by atoms with Crippen molar-refractivity contribution < 1.29 is 5.11 Å². The van der Waals surface area contributed by atoms with E-state index in [4.69, 9.17) is 5.73 Å². The second kappa shape index (κ2) is 7.58. The highest BCUT2D eigenvalue weighted by Gasteiger charge is 2.11. The van der Waals surface area contributed by atoms with Crippen LogP contribution < -0.4 is 11.1 Å². The maximum Gasteiger partial charge on any atom is 0.115 e. The lowest BCUT2D eigenvalue weighted by Crippen LogP contribution is -2.16. The quantitative estimate of drug-likeness (QED) is 0.585. The van der Waals surface area contributed by atoms with Gasteiger partial charge in [0.1, 0.15) is 5.75 Å². The van der Waals surface area contributed by atoms with Crippen LogP contribution in [-0.4, -0.2) is 11.7 Å². The Kier molecular flexibility index (Phi) is 5.05. The number of nitrogens with two attached hydrogens (primary N) is 1. The molecule has 0 amide bonds. The van der Waals surface area contributed by atoms with Gasteiger partial charge in [-0.3, -0.25) is 0 Å². The number of rotatable bonds is 6. The minimum atomic E-state index is 0.283. The normalized spacial score (nSPS) is 10.4. The molecule has 0 aliphatic heterocycles. The maximum atomic E-state index is 9.34. The highest BCUT2D eigenvalue weighted by molar-refractivity contribution is 5.86. The molecule has 0 heterocycles. The van der Waals surface area contributed by atoms with E-state index in [0.717, 1.165) is 40.9 Å². The van der Waals surface area contributed by atoms with Crippen LogP contribution in [0.15, 0.2) is 79.4 Å². The van der Waals surface area contributed by atoms with Gasteiger partial charge in [-0.05, 0) is 41.3 Å². The molecule has 0 bridgehead atoms. The fraction of sp³-hybridized carbons (Fsp3) is 0.0909. The molecule has 0 aliphatic carbocycles. The van der Waals surface area contributed by atoms with E-state index in [0.29, 0.717) is 5.69 Å². The molecule has 0 radical (unpaired) electrons. The van der Waals surface area contributed by atoms with Crippen LogP contribution in [0.2, 0.25) is 0 Å². The Labute approximate surface area is 148 Å². The van der Waals surface area contributed by atoms with Crippen molar-refractivity contribution in [3.8, 4) is 16.9 Å². The Morgan fingerprint density at radius 2 is 1.64 bits per heavy atom. The Morgan fingerprint density at radius 3 is 2.36 bits per heavy atom. The molecule has 3 heteroatoms. The zero-order valence-corrected chi connectivity index (χ0v) is 14.1. The molecule has 0 aliphatic rings. The lowest BCUT2D eigenvalue weighted by Gasteiger charge is -2.17. The first-order valence-corrected chi connectivity index (χ1v) is 8.30. The number of hydrogen-bond acceptors (Lipinski definition) is 3. The lowest BCUT2D eigenvalue weighted by molar-refractivity contribution is 0.475. The number of aromatic hydroxyl groups is 1. The van der Waals surface area contributed by atoms with Gasteiger partial charge in [0.05, 0.1) is 0 Å². The van der Waals surface area contributed by atoms with Crippen molar-refractivity contribution in [2.45, 2.75) is 6.42 Å². The van der Waals surface area contributed by atoms with Crippen molar-refractivity contribution in [1.82, 2.24) is 5.32 Å². The summed E-state index contributed by atoms with van der Waals surface area (Å²) in [5, 5.41) is 12.7. The molecule has 25 heavy (non-hydrogen) atoms. The third-order valence-electron chi connectivity index (χ3n) is 4.17. The second-order valence-electron chi connectivity index (χ2n) is 5.96. The minimum absolute atomic E-state index is 0.283. The summed E-state index contributed by atoms with van der Waals surface area (Å²) in [5.74, 6) is 0.283. The Balaban J connectivity index is 1.75. The first-order valence-electron chi connectivity index (χ1n) is 8.30. The molecule has 0 saturated heterocycles. The molecule has 0 saturated carbocycles. The fourth-order valence-corrected chi connectivity index (χ4v) is 2.87. The van der Waals surface area contributed by atoms with E-state index in [2.05, 4.69) is 30.1 Å². The molecule has 0 unspecified atom stereocenters. The minimum Gasteiger partial charge on any atom is -0.508 e. The highest BCUT2D eigenvalue weighted by Crippen LogP contribution is 2.31. The average Bonchev–Trinajstić information content (AvgIpc) is 2.64. The predicted molar refractivity (Wildman–Crippen MR) is 105 cm³/mol. The average molecular weight is 330 g/mol. The molecule has 3 aromatic carbocycles. The molecule has 0 spiro atoms. The summed E-state index contributed by atoms with van der Waals surface area (Å²) in [6.07, 6.45) is 0.840. The van der Waals surface area contributed by atoms with Gasteiger partial charge in [-0.25, -0.2) is 0 Å². The summed E-state index contributed by atoms with van der Waals surface area (Å²) in [6, 6.07) is 23.3. The van der Waals surface area contributed by atoms with Gasteiger partial charge in [0, 0.05) is 23.5 Å². The van der Waals surface area contributed by atoms with E-state index < -0.39 is 0 Å². The van der Waals surface area contributed by atoms with E-state index >= 15 is 0 Å². The number of phenols is 1. The summed E-state index contributed by atoms with van der Waals surface area (Å²) in [5.41, 5.74) is 12.0. The smallest absolute Gasteiger partial charge is 0.115 e. The van der Waals surface area contributed by atoms with Crippen molar-refractivity contribution >= 4 is 11.4 Å². The summed E-state index contributed by atoms with van der Waals surface area (Å²) < 4.78 is 0. The Bertz CT molecular complexity index is 855. The van der Waals surface area contributed by atoms with E-state index in [9.17, 15) is 5.11 Å². The number of benzene rings is 3. The van der Waals surface area contributed by atoms with Gasteiger partial charge in [-0.2, -0.15) is 0 Å². The van der Waals surface area contributed by atoms with Gasteiger partial charge < -0.3 is 16.2 Å². The third-order valence-corrected chi connectivity index (χ3v) is 4.17. The Hall–Kier alpha value is -3.20. The van der Waals surface area contributed by atoms with Crippen LogP contribution in [0.4, 0.5) is 5.69 Å². The van der Waals surface area contributed by atoms with Crippen molar-refractivity contribution in [2.24, 2.45) is 0 Å². The molecule has 0 atom stereocenters. The van der Waals surface area contributed by atoms with E-state index in [1.54, 1.807) is 12.1 Å². The van der Waals surface area contributed by atoms with Crippen LogP contribution in [0.1, 0.15) is 11.1 Å². The van der Waals surface area contributed by atoms with Crippen LogP contribution in [0, 0.1) is 0 Å². The zero-order chi connectivity index (χ0) is 17.6. The first kappa shape index (κ1) is 16.7. The number of nitrogen functional groups attached to an aromatic ring is 1. The fourth-order valence-electron chi connectivity index (χ4n) is 2.87. The van der Waals surface area contributed by atoms with Crippen LogP contribution in [0.3, 0.4) is 0 Å². The Morgan fingerprint density at radius 1 is 0.920 bits per heavy atom. The topological polar surface area (TPSA) is 58.3 Å². The van der Waals surface area contributed by atoms with Gasteiger partial charge in [-0.15, -0.1) is 0 Å². The summed E-state index contributed by atoms with van der Waals surface area (Å²) in [7, 11) is 0. The maximum absolute atomic E-state index is 9.34. The van der Waals surface area contributed by atoms with E-state index in [-0.39, 0.29) is 5.75 Å². The first-order chi connectivity index (χ1) is 12.1. The number of nitrogens with one attached hydrogen (secondary N) is 1. The SMILES string of the molecule is C=C(NCCc1ccc(O)cc1)c1c(N)cccc1-c1ccccc1. The highest BCUT2D eigenvalue weighted by atomic mass is 16.3. The molecule has 3 nitrogen and oxygen atoms in total. The monoisotopic (exact) mass is 330 g/mol. The van der Waals surface area contributed by atoms with Crippen molar-refractivity contribution in [3.63, 3.8) is 0 Å². The second-order valence-corrected chi connectivity index (χ2v) is 5.96. The zero-order valence-electron chi connectivity index (χ0n) is 14.1. The van der Waals surface area contributed by atoms with Crippen molar-refractivity contribution in [2.75, 3.05) is 12.3 Å². The van der Waals surface area contributed by atoms with Crippen LogP contribution in [0.5, 0.6) is 5.75 Å². The van der Waals surface area contributed by atoms with Crippen LogP contribution in [-0.2, 0) is 6.42 Å². The van der Waals surface area contributed by atoms with E-state index in [1.165, 1.54) is 0 Å². The van der Waals surface area contributed by atoms with Gasteiger partial charge in [-0.1, -0.05) is 61.2 Å². The largest absolute Gasteiger partial charge is 0.508 e. The molecule has 126 valence electrons. The summed E-state index contributed by atoms with van der Waals surface area (Å²) >= 11 is 0. The standard InChI is InChI=1S/C22H22N2O/c1-16(24-15-14-17-10-12-19(25)13-11-17)22-20(8-5-9-21(22)23)18-6-3-2-4-7-18/h2-13,24-25H,1,14-15,23H2. The van der Waals surface area contributed by atoms with Crippen LogP contribution in [0.25, 0.3) is 16.8 Å². The van der Waals surface area contributed by atoms with Gasteiger partial charge in [0.25, 0.3) is 0 Å². The van der Waals surface area contributed by atoms with Gasteiger partial charge in [0.2, 0.25) is 0 Å². The van der Waals surface area contributed by atoms with Gasteiger partial charge in [0.15, 0.2) is 0 Å². The molecule has 3 aromatic rings. The molecule has 4 N–H and O–H groups in total. The number of anilines is 1. The number of phenolic OH excluding ortho intramolecular Hbond substituents is 1. The van der Waals surface area contributed by atoms with Crippen molar-refractivity contribution in [3.05, 3.63) is 90.5 Å². The van der Waals surface area contributed by atoms with Gasteiger partial charge >= 0.3 is 0 Å². The predicted octanol–water partition coefficient (Wildman–Crippen LogP) is 4.44. The molecule has 0 fully saturated rings. The van der Waals surface area contributed by atoms with E-state index in [1.807, 2.05) is 42.5 Å². The molecule has 3 rings (SSSR count). The molecular weight excluding hydrogens is 308 g/mol. The summed E-state index contributed by atoms with van der Waals surface area (Å²) in [4.78, 5) is 0.